The highest BCUT2D eigenvalue weighted by Crippen LogP contribution is 2.37. The van der Waals surface area contributed by atoms with Crippen LogP contribution in [-0.2, 0) is 17.8 Å². The molecule has 0 fully saturated rings. The number of anilines is 2. The zero-order valence-electron chi connectivity index (χ0n) is 21.3. The lowest BCUT2D eigenvalue weighted by molar-refractivity contribution is -0.120. The average molecular weight is 494 g/mol. The molecule has 186 valence electrons. The number of carbonyl (C=O) groups excluding carboxylic acids is 1. The van der Waals surface area contributed by atoms with Crippen LogP contribution in [0.3, 0.4) is 0 Å². The van der Waals surface area contributed by atoms with Crippen LogP contribution in [0.4, 0.5) is 11.5 Å². The van der Waals surface area contributed by atoms with Crippen molar-refractivity contribution < 1.29 is 9.53 Å². The van der Waals surface area contributed by atoms with Crippen molar-refractivity contribution in [1.82, 2.24) is 4.98 Å². The predicted molar refractivity (Wildman–Crippen MR) is 146 cm³/mol. The number of hydrogen-bond acceptors (Lipinski definition) is 4. The summed E-state index contributed by atoms with van der Waals surface area (Å²) in [7, 11) is 5.63. The summed E-state index contributed by atoms with van der Waals surface area (Å²) in [4.78, 5) is 22.6. The maximum absolute atomic E-state index is 14.1. The van der Waals surface area contributed by atoms with Crippen LogP contribution in [0, 0.1) is 0 Å². The number of amides is 1. The second kappa shape index (κ2) is 11.6. The Balaban J connectivity index is 0.00000342. The van der Waals surface area contributed by atoms with Gasteiger partial charge in [0.2, 0.25) is 5.91 Å². The highest BCUT2D eigenvalue weighted by molar-refractivity contribution is 5.98. The number of nitrogens with zero attached hydrogens (tertiary/aromatic N) is 3. The Bertz CT molecular complexity index is 1130. The summed E-state index contributed by atoms with van der Waals surface area (Å²) in [5, 5.41) is 0. The molecule has 1 amide bonds. The molecular formula is C29H36ClN3O2. The molecule has 3 aromatic rings. The van der Waals surface area contributed by atoms with Gasteiger partial charge in [-0.3, -0.25) is 4.79 Å². The fourth-order valence-electron chi connectivity index (χ4n) is 4.64. The summed E-state index contributed by atoms with van der Waals surface area (Å²) in [6, 6.07) is 18.6. The first kappa shape index (κ1) is 26.6. The van der Waals surface area contributed by atoms with Crippen molar-refractivity contribution in [3.05, 3.63) is 83.0 Å². The van der Waals surface area contributed by atoms with Crippen LogP contribution in [0.2, 0.25) is 0 Å². The highest BCUT2D eigenvalue weighted by Gasteiger charge is 2.31. The SMILES string of the molecule is COc1ccc2c(c1)C(C(=O)N(Cc1ccc(N(C)C)nc1)c1ccc(C(C)C)cc1)CCC2.Cl. The number of aromatic nitrogens is 1. The fraction of sp³-hybridized carbons (Fsp3) is 0.379. The van der Waals surface area contributed by atoms with E-state index in [1.165, 1.54) is 11.1 Å². The molecule has 1 aromatic heterocycles. The van der Waals surface area contributed by atoms with Gasteiger partial charge in [-0.1, -0.05) is 38.1 Å². The van der Waals surface area contributed by atoms with Gasteiger partial charge in [0, 0.05) is 26.0 Å². The normalized spacial score (nSPS) is 14.6. The molecule has 0 radical (unpaired) electrons. The van der Waals surface area contributed by atoms with E-state index in [1.807, 2.05) is 48.3 Å². The molecule has 4 rings (SSSR count). The molecular weight excluding hydrogens is 458 g/mol. The molecule has 0 bridgehead atoms. The van der Waals surface area contributed by atoms with Crippen molar-refractivity contribution in [1.29, 1.82) is 0 Å². The summed E-state index contributed by atoms with van der Waals surface area (Å²) < 4.78 is 5.48. The van der Waals surface area contributed by atoms with Gasteiger partial charge in [0.15, 0.2) is 0 Å². The number of ether oxygens (including phenoxy) is 1. The van der Waals surface area contributed by atoms with E-state index in [-0.39, 0.29) is 24.2 Å². The summed E-state index contributed by atoms with van der Waals surface area (Å²) in [5.41, 5.74) is 5.54. The van der Waals surface area contributed by atoms with Crippen LogP contribution in [0.5, 0.6) is 5.75 Å². The number of aryl methyl sites for hydroxylation is 1. The summed E-state index contributed by atoms with van der Waals surface area (Å²) in [6.45, 7) is 4.85. The zero-order chi connectivity index (χ0) is 24.2. The molecule has 0 saturated carbocycles. The minimum absolute atomic E-state index is 0. The lowest BCUT2D eigenvalue weighted by atomic mass is 9.81. The van der Waals surface area contributed by atoms with E-state index < -0.39 is 0 Å². The molecule has 1 atom stereocenters. The third-order valence-corrected chi connectivity index (χ3v) is 6.71. The number of rotatable bonds is 7. The van der Waals surface area contributed by atoms with Crippen molar-refractivity contribution >= 4 is 29.8 Å². The topological polar surface area (TPSA) is 45.7 Å². The van der Waals surface area contributed by atoms with E-state index in [2.05, 4.69) is 55.2 Å². The van der Waals surface area contributed by atoms with E-state index in [0.29, 0.717) is 12.5 Å². The lowest BCUT2D eigenvalue weighted by Crippen LogP contribution is -2.36. The van der Waals surface area contributed by atoms with Gasteiger partial charge in [-0.25, -0.2) is 4.98 Å². The first-order valence-electron chi connectivity index (χ1n) is 12.1. The third kappa shape index (κ3) is 5.96. The van der Waals surface area contributed by atoms with Gasteiger partial charge in [-0.2, -0.15) is 0 Å². The first-order valence-corrected chi connectivity index (χ1v) is 12.1. The van der Waals surface area contributed by atoms with Gasteiger partial charge < -0.3 is 14.5 Å². The molecule has 5 nitrogen and oxygen atoms in total. The number of methoxy groups -OCH3 is 1. The molecule has 0 aliphatic heterocycles. The van der Waals surface area contributed by atoms with Crippen LogP contribution in [0.1, 0.15) is 60.8 Å². The maximum atomic E-state index is 14.1. The predicted octanol–water partition coefficient (Wildman–Crippen LogP) is 6.35. The van der Waals surface area contributed by atoms with Gasteiger partial charge in [0.05, 0.1) is 19.6 Å². The second-order valence-corrected chi connectivity index (χ2v) is 9.60. The molecule has 1 aliphatic carbocycles. The highest BCUT2D eigenvalue weighted by atomic mass is 35.5. The van der Waals surface area contributed by atoms with Crippen molar-refractivity contribution in [2.24, 2.45) is 0 Å². The number of halogens is 1. The van der Waals surface area contributed by atoms with Crippen LogP contribution < -0.4 is 14.5 Å². The number of hydrogen-bond donors (Lipinski definition) is 0. The van der Waals surface area contributed by atoms with Crippen LogP contribution in [-0.4, -0.2) is 32.1 Å². The van der Waals surface area contributed by atoms with Crippen molar-refractivity contribution in [3.63, 3.8) is 0 Å². The molecule has 1 aliphatic rings. The molecule has 35 heavy (non-hydrogen) atoms. The third-order valence-electron chi connectivity index (χ3n) is 6.71. The minimum atomic E-state index is -0.183. The van der Waals surface area contributed by atoms with Crippen molar-refractivity contribution in [3.8, 4) is 5.75 Å². The Labute approximate surface area is 215 Å². The van der Waals surface area contributed by atoms with Gasteiger partial charge in [-0.05, 0) is 77.8 Å². The van der Waals surface area contributed by atoms with Crippen molar-refractivity contribution in [2.75, 3.05) is 31.0 Å². The smallest absolute Gasteiger partial charge is 0.234 e. The largest absolute Gasteiger partial charge is 0.497 e. The Kier molecular flexibility index (Phi) is 8.79. The molecule has 1 unspecified atom stereocenters. The molecule has 6 heteroatoms. The zero-order valence-corrected chi connectivity index (χ0v) is 22.1. The molecule has 0 spiro atoms. The molecule has 0 saturated heterocycles. The average Bonchev–Trinajstić information content (AvgIpc) is 2.86. The van der Waals surface area contributed by atoms with E-state index >= 15 is 0 Å². The van der Waals surface area contributed by atoms with Gasteiger partial charge in [0.25, 0.3) is 0 Å². The Hall–Kier alpha value is -3.05. The second-order valence-electron chi connectivity index (χ2n) is 9.60. The van der Waals surface area contributed by atoms with Crippen molar-refractivity contribution in [2.45, 2.75) is 51.5 Å². The number of pyridine rings is 1. The van der Waals surface area contributed by atoms with E-state index in [1.54, 1.807) is 7.11 Å². The summed E-state index contributed by atoms with van der Waals surface area (Å²) >= 11 is 0. The molecule has 0 N–H and O–H groups in total. The maximum Gasteiger partial charge on any atom is 0.234 e. The number of fused-ring (bicyclic) bond motifs is 1. The summed E-state index contributed by atoms with van der Waals surface area (Å²) in [6.07, 6.45) is 4.73. The monoisotopic (exact) mass is 493 g/mol. The molecule has 1 heterocycles. The Morgan fingerprint density at radius 1 is 1.09 bits per heavy atom. The standard InChI is InChI=1S/C29H35N3O2.ClH/c1-20(2)22-10-13-24(14-11-22)32(19-21-9-16-28(30-18-21)31(3)4)29(33)26-8-6-7-23-12-15-25(34-5)17-27(23)26;/h9-18,20,26H,6-8,19H2,1-5H3;1H. The molecule has 2 aromatic carbocycles. The van der Waals surface area contributed by atoms with Gasteiger partial charge in [0.1, 0.15) is 11.6 Å². The Morgan fingerprint density at radius 2 is 1.83 bits per heavy atom. The minimum Gasteiger partial charge on any atom is -0.497 e. The number of carbonyl (C=O) groups is 1. The van der Waals surface area contributed by atoms with E-state index in [0.717, 1.165) is 47.6 Å². The summed E-state index contributed by atoms with van der Waals surface area (Å²) in [5.74, 6) is 2.09. The number of benzene rings is 2. The van der Waals surface area contributed by atoms with Gasteiger partial charge >= 0.3 is 0 Å². The lowest BCUT2D eigenvalue weighted by Gasteiger charge is -2.31. The van der Waals surface area contributed by atoms with E-state index in [9.17, 15) is 4.79 Å². The van der Waals surface area contributed by atoms with Crippen LogP contribution >= 0.6 is 12.4 Å². The first-order chi connectivity index (χ1) is 16.4. The van der Waals surface area contributed by atoms with Gasteiger partial charge in [-0.15, -0.1) is 12.4 Å². The fourth-order valence-corrected chi connectivity index (χ4v) is 4.64. The quantitative estimate of drug-likeness (QED) is 0.384. The van der Waals surface area contributed by atoms with Crippen LogP contribution in [0.15, 0.2) is 60.8 Å². The van der Waals surface area contributed by atoms with E-state index in [4.69, 9.17) is 4.74 Å². The van der Waals surface area contributed by atoms with Crippen LogP contribution in [0.25, 0.3) is 0 Å². The Morgan fingerprint density at radius 3 is 2.43 bits per heavy atom.